The van der Waals surface area contributed by atoms with Gasteiger partial charge in [-0.3, -0.25) is 4.79 Å². The van der Waals surface area contributed by atoms with Gasteiger partial charge in [-0.15, -0.1) is 10.2 Å². The number of rotatable bonds is 6. The number of hydrogen-bond acceptors (Lipinski definition) is 6. The zero-order chi connectivity index (χ0) is 18.7. The van der Waals surface area contributed by atoms with Gasteiger partial charge in [0, 0.05) is 12.7 Å². The van der Waals surface area contributed by atoms with Crippen molar-refractivity contribution in [1.82, 2.24) is 19.7 Å². The zero-order valence-corrected chi connectivity index (χ0v) is 16.3. The molecule has 3 aromatic rings. The fourth-order valence-corrected chi connectivity index (χ4v) is 3.53. The van der Waals surface area contributed by atoms with E-state index < -0.39 is 0 Å². The lowest BCUT2D eigenvalue weighted by Gasteiger charge is -2.08. The topological polar surface area (TPSA) is 85.8 Å². The Morgan fingerprint density at radius 2 is 2.19 bits per heavy atom. The standard InChI is InChI=1S/C16H15Cl2N5O2S/c1-3-23-15(11-4-5-25-9(11)2)21-22-16(23)26-8-13(24)20-14-12(18)6-10(17)7-19-14/h4-7H,3,8H2,1-2H3,(H,19,20,24). The fourth-order valence-electron chi connectivity index (χ4n) is 2.30. The third-order valence-electron chi connectivity index (χ3n) is 3.53. The number of carbonyl (C=O) groups is 1. The predicted molar refractivity (Wildman–Crippen MR) is 102 cm³/mol. The van der Waals surface area contributed by atoms with Crippen LogP contribution in [0.1, 0.15) is 12.7 Å². The van der Waals surface area contributed by atoms with E-state index in [4.69, 9.17) is 27.6 Å². The summed E-state index contributed by atoms with van der Waals surface area (Å²) in [5, 5.41) is 12.4. The first-order valence-corrected chi connectivity index (χ1v) is 9.45. The van der Waals surface area contributed by atoms with Gasteiger partial charge in [0.25, 0.3) is 0 Å². The highest BCUT2D eigenvalue weighted by atomic mass is 35.5. The second-order valence-electron chi connectivity index (χ2n) is 5.26. The van der Waals surface area contributed by atoms with Gasteiger partial charge in [-0.1, -0.05) is 35.0 Å². The quantitative estimate of drug-likeness (QED) is 0.608. The Hall–Kier alpha value is -2.03. The number of halogens is 2. The van der Waals surface area contributed by atoms with Gasteiger partial charge in [-0.05, 0) is 26.0 Å². The molecule has 3 heterocycles. The first-order chi connectivity index (χ1) is 12.5. The van der Waals surface area contributed by atoms with Crippen molar-refractivity contribution in [2.75, 3.05) is 11.1 Å². The van der Waals surface area contributed by atoms with Crippen molar-refractivity contribution in [3.63, 3.8) is 0 Å². The highest BCUT2D eigenvalue weighted by molar-refractivity contribution is 7.99. The third kappa shape index (κ3) is 4.03. The number of carbonyl (C=O) groups excluding carboxylic acids is 1. The van der Waals surface area contributed by atoms with Crippen molar-refractivity contribution >= 4 is 46.7 Å². The van der Waals surface area contributed by atoms with Gasteiger partial charge >= 0.3 is 0 Å². The zero-order valence-electron chi connectivity index (χ0n) is 14.0. The van der Waals surface area contributed by atoms with Crippen LogP contribution in [0, 0.1) is 6.92 Å². The molecule has 0 saturated carbocycles. The molecule has 0 saturated heterocycles. The van der Waals surface area contributed by atoms with Crippen molar-refractivity contribution in [2.45, 2.75) is 25.5 Å². The molecule has 0 aromatic carbocycles. The monoisotopic (exact) mass is 411 g/mol. The lowest BCUT2D eigenvalue weighted by molar-refractivity contribution is -0.113. The normalized spacial score (nSPS) is 10.9. The molecule has 7 nitrogen and oxygen atoms in total. The van der Waals surface area contributed by atoms with Crippen LogP contribution in [-0.4, -0.2) is 31.4 Å². The molecular weight excluding hydrogens is 397 g/mol. The largest absolute Gasteiger partial charge is 0.469 e. The summed E-state index contributed by atoms with van der Waals surface area (Å²) in [6, 6.07) is 3.37. The van der Waals surface area contributed by atoms with Crippen LogP contribution in [-0.2, 0) is 11.3 Å². The molecular formula is C16H15Cl2N5O2S. The van der Waals surface area contributed by atoms with Gasteiger partial charge in [0.05, 0.1) is 27.6 Å². The summed E-state index contributed by atoms with van der Waals surface area (Å²) in [7, 11) is 0. The van der Waals surface area contributed by atoms with Crippen molar-refractivity contribution < 1.29 is 9.21 Å². The van der Waals surface area contributed by atoms with Gasteiger partial charge in [-0.2, -0.15) is 0 Å². The van der Waals surface area contributed by atoms with Gasteiger partial charge in [-0.25, -0.2) is 4.98 Å². The van der Waals surface area contributed by atoms with Crippen LogP contribution in [0.4, 0.5) is 5.82 Å². The molecule has 3 aromatic heterocycles. The van der Waals surface area contributed by atoms with Crippen molar-refractivity contribution in [2.24, 2.45) is 0 Å². The highest BCUT2D eigenvalue weighted by Gasteiger charge is 2.17. The Balaban J connectivity index is 1.69. The van der Waals surface area contributed by atoms with E-state index in [9.17, 15) is 4.79 Å². The first kappa shape index (κ1) is 18.8. The first-order valence-electron chi connectivity index (χ1n) is 7.71. The maximum atomic E-state index is 12.2. The Kier molecular flexibility index (Phi) is 5.85. The average molecular weight is 412 g/mol. The predicted octanol–water partition coefficient (Wildman–Crippen LogP) is 4.30. The van der Waals surface area contributed by atoms with E-state index in [2.05, 4.69) is 20.5 Å². The van der Waals surface area contributed by atoms with Crippen LogP contribution in [0.25, 0.3) is 11.4 Å². The number of aromatic nitrogens is 4. The molecule has 0 fully saturated rings. The van der Waals surface area contributed by atoms with E-state index in [1.54, 1.807) is 6.26 Å². The molecule has 3 rings (SSSR count). The van der Waals surface area contributed by atoms with Crippen LogP contribution in [0.3, 0.4) is 0 Å². The molecule has 1 amide bonds. The number of furan rings is 1. The number of thioether (sulfide) groups is 1. The second-order valence-corrected chi connectivity index (χ2v) is 7.05. The Morgan fingerprint density at radius 1 is 1.38 bits per heavy atom. The summed E-state index contributed by atoms with van der Waals surface area (Å²) in [4.78, 5) is 16.2. The average Bonchev–Trinajstić information content (AvgIpc) is 3.20. The minimum absolute atomic E-state index is 0.142. The van der Waals surface area contributed by atoms with E-state index in [0.29, 0.717) is 22.5 Å². The van der Waals surface area contributed by atoms with Crippen LogP contribution in [0.15, 0.2) is 34.2 Å². The van der Waals surface area contributed by atoms with Crippen LogP contribution >= 0.6 is 35.0 Å². The second kappa shape index (κ2) is 8.11. The number of hydrogen-bond donors (Lipinski definition) is 1. The van der Waals surface area contributed by atoms with E-state index in [1.165, 1.54) is 24.0 Å². The number of pyridine rings is 1. The van der Waals surface area contributed by atoms with Crippen molar-refractivity contribution in [1.29, 1.82) is 0 Å². The summed E-state index contributed by atoms with van der Waals surface area (Å²) in [6.45, 7) is 4.53. The molecule has 10 heteroatoms. The fraction of sp³-hybridized carbons (Fsp3) is 0.250. The van der Waals surface area contributed by atoms with Crippen molar-refractivity contribution in [3.8, 4) is 11.4 Å². The molecule has 0 aliphatic carbocycles. The molecule has 0 unspecified atom stereocenters. The van der Waals surface area contributed by atoms with Crippen molar-refractivity contribution in [3.05, 3.63) is 40.4 Å². The SMILES string of the molecule is CCn1c(SCC(=O)Nc2ncc(Cl)cc2Cl)nnc1-c1ccoc1C. The lowest BCUT2D eigenvalue weighted by Crippen LogP contribution is -2.16. The number of nitrogens with zero attached hydrogens (tertiary/aromatic N) is 4. The van der Waals surface area contributed by atoms with E-state index >= 15 is 0 Å². The number of anilines is 1. The Morgan fingerprint density at radius 3 is 2.85 bits per heavy atom. The Labute approximate surface area is 164 Å². The molecule has 0 radical (unpaired) electrons. The van der Waals surface area contributed by atoms with Gasteiger partial charge < -0.3 is 14.3 Å². The smallest absolute Gasteiger partial charge is 0.236 e. The van der Waals surface area contributed by atoms with Crippen LogP contribution in [0.5, 0.6) is 0 Å². The lowest BCUT2D eigenvalue weighted by atomic mass is 10.2. The maximum absolute atomic E-state index is 12.2. The number of amides is 1. The molecule has 0 atom stereocenters. The number of aryl methyl sites for hydroxylation is 1. The van der Waals surface area contributed by atoms with Gasteiger partial charge in [0.2, 0.25) is 5.91 Å². The summed E-state index contributed by atoms with van der Waals surface area (Å²) in [5.41, 5.74) is 0.882. The van der Waals surface area contributed by atoms with E-state index in [-0.39, 0.29) is 22.5 Å². The van der Waals surface area contributed by atoms with E-state index in [1.807, 2.05) is 24.5 Å². The highest BCUT2D eigenvalue weighted by Crippen LogP contribution is 2.27. The third-order valence-corrected chi connectivity index (χ3v) is 4.99. The summed E-state index contributed by atoms with van der Waals surface area (Å²) >= 11 is 13.1. The molecule has 0 bridgehead atoms. The molecule has 0 aliphatic rings. The molecule has 26 heavy (non-hydrogen) atoms. The summed E-state index contributed by atoms with van der Waals surface area (Å²) in [6.07, 6.45) is 3.03. The molecule has 0 aliphatic heterocycles. The number of nitrogens with one attached hydrogen (secondary N) is 1. The van der Waals surface area contributed by atoms with E-state index in [0.717, 1.165) is 11.3 Å². The van der Waals surface area contributed by atoms with Crippen LogP contribution in [0.2, 0.25) is 10.0 Å². The minimum atomic E-state index is -0.251. The maximum Gasteiger partial charge on any atom is 0.236 e. The molecule has 0 spiro atoms. The minimum Gasteiger partial charge on any atom is -0.469 e. The molecule has 1 N–H and O–H groups in total. The van der Waals surface area contributed by atoms with Gasteiger partial charge in [0.1, 0.15) is 5.76 Å². The van der Waals surface area contributed by atoms with Gasteiger partial charge in [0.15, 0.2) is 16.8 Å². The van der Waals surface area contributed by atoms with Crippen LogP contribution < -0.4 is 5.32 Å². The molecule has 136 valence electrons. The summed E-state index contributed by atoms with van der Waals surface area (Å²) < 4.78 is 7.26. The Bertz CT molecular complexity index is 941. The summed E-state index contributed by atoms with van der Waals surface area (Å²) in [5.74, 6) is 1.64.